The van der Waals surface area contributed by atoms with Gasteiger partial charge in [-0.2, -0.15) is 4.31 Å². The number of methoxy groups -OCH3 is 1. The lowest BCUT2D eigenvalue weighted by Gasteiger charge is -2.40. The molecule has 3 aromatic carbocycles. The number of benzene rings is 3. The van der Waals surface area contributed by atoms with Gasteiger partial charge in [-0.05, 0) is 80.1 Å². The topological polar surface area (TPSA) is 117 Å². The van der Waals surface area contributed by atoms with Crippen molar-refractivity contribution in [3.8, 4) is 0 Å². The molecule has 0 aromatic heterocycles. The van der Waals surface area contributed by atoms with Gasteiger partial charge in [0.05, 0.1) is 12.4 Å². The highest BCUT2D eigenvalue weighted by molar-refractivity contribution is 7.90. The third kappa shape index (κ3) is 8.08. The number of hydrogen-bond donors (Lipinski definition) is 3. The van der Waals surface area contributed by atoms with E-state index in [1.165, 1.54) is 30.3 Å². The normalized spacial score (nSPS) is 19.9. The molecule has 3 N–H and O–H groups in total. The highest BCUT2D eigenvalue weighted by Crippen LogP contribution is 2.35. The summed E-state index contributed by atoms with van der Waals surface area (Å²) in [4.78, 5) is 26.6. The van der Waals surface area contributed by atoms with Crippen molar-refractivity contribution < 1.29 is 35.9 Å². The Morgan fingerprint density at radius 2 is 1.70 bits per heavy atom. The van der Waals surface area contributed by atoms with Gasteiger partial charge < -0.3 is 20.7 Å². The molecule has 2 fully saturated rings. The lowest BCUT2D eigenvalue weighted by Crippen LogP contribution is -2.59. The van der Waals surface area contributed by atoms with Gasteiger partial charge in [-0.25, -0.2) is 26.4 Å². The van der Waals surface area contributed by atoms with Crippen LogP contribution in [0.1, 0.15) is 48.8 Å². The average Bonchev–Trinajstić information content (AvgIpc) is 3.87. The first-order valence-corrected chi connectivity index (χ1v) is 17.1. The molecule has 1 aliphatic heterocycles. The van der Waals surface area contributed by atoms with Crippen LogP contribution in [-0.2, 0) is 26.0 Å². The third-order valence-corrected chi connectivity index (χ3v) is 11.3. The van der Waals surface area contributed by atoms with Crippen LogP contribution in [0.2, 0.25) is 5.02 Å². The lowest BCUT2D eigenvalue weighted by atomic mass is 9.84. The van der Waals surface area contributed by atoms with Crippen LogP contribution >= 0.6 is 11.6 Å². The molecular formula is C33H36ClF3N4O5S. The Balaban J connectivity index is 1.46. The zero-order chi connectivity index (χ0) is 33.9. The number of piperazine rings is 1. The fourth-order valence-corrected chi connectivity index (χ4v) is 8.54. The van der Waals surface area contributed by atoms with Gasteiger partial charge in [-0.1, -0.05) is 29.8 Å². The maximum atomic E-state index is 15.4. The molecule has 47 heavy (non-hydrogen) atoms. The Morgan fingerprint density at radius 3 is 2.34 bits per heavy atom. The number of ether oxygens (including phenoxy) is 1. The molecule has 1 saturated heterocycles. The monoisotopic (exact) mass is 692 g/mol. The molecule has 9 nitrogen and oxygen atoms in total. The van der Waals surface area contributed by atoms with Gasteiger partial charge in [0, 0.05) is 53.4 Å². The van der Waals surface area contributed by atoms with Crippen LogP contribution in [0, 0.1) is 17.5 Å². The lowest BCUT2D eigenvalue weighted by molar-refractivity contribution is -0.118. The van der Waals surface area contributed by atoms with Gasteiger partial charge in [0.25, 0.3) is 0 Å². The van der Waals surface area contributed by atoms with Gasteiger partial charge in [0.2, 0.25) is 15.9 Å². The van der Waals surface area contributed by atoms with Gasteiger partial charge in [0.1, 0.15) is 23.5 Å². The van der Waals surface area contributed by atoms with Crippen LogP contribution < -0.4 is 16.0 Å². The predicted octanol–water partition coefficient (Wildman–Crippen LogP) is 5.34. The van der Waals surface area contributed by atoms with E-state index in [9.17, 15) is 26.8 Å². The SMILES string of the molecule is COC(=O)N[C@H](C(=O)Nc1cccc(F)c1CC[C@H]1CNC[C@H](C)N1S(=O)(=O)C1CC1)[C@@H](c1ccc(Cl)cc1)c1cc(F)cc(F)c1. The summed E-state index contributed by atoms with van der Waals surface area (Å²) in [5.41, 5.74) is 0.669. The molecule has 1 heterocycles. The Kier molecular flexibility index (Phi) is 10.8. The van der Waals surface area contributed by atoms with Crippen LogP contribution in [0.15, 0.2) is 60.7 Å². The van der Waals surface area contributed by atoms with Crippen LogP contribution in [-0.4, -0.2) is 68.3 Å². The van der Waals surface area contributed by atoms with E-state index in [1.54, 1.807) is 16.4 Å². The molecule has 0 radical (unpaired) electrons. The Bertz CT molecular complexity index is 1710. The smallest absolute Gasteiger partial charge is 0.407 e. The molecule has 14 heteroatoms. The first-order valence-electron chi connectivity index (χ1n) is 15.3. The fourth-order valence-electron chi connectivity index (χ4n) is 6.16. The Morgan fingerprint density at radius 1 is 1.02 bits per heavy atom. The summed E-state index contributed by atoms with van der Waals surface area (Å²) >= 11 is 6.08. The predicted molar refractivity (Wildman–Crippen MR) is 172 cm³/mol. The summed E-state index contributed by atoms with van der Waals surface area (Å²) in [6.45, 7) is 2.73. The van der Waals surface area contributed by atoms with E-state index >= 15 is 4.39 Å². The number of halogens is 4. The molecular weight excluding hydrogens is 657 g/mol. The first kappa shape index (κ1) is 34.7. The van der Waals surface area contributed by atoms with Gasteiger partial charge in [-0.15, -0.1) is 0 Å². The van der Waals surface area contributed by atoms with E-state index in [0.29, 0.717) is 42.6 Å². The molecule has 2 amide bonds. The molecule has 0 spiro atoms. The van der Waals surface area contributed by atoms with Crippen LogP contribution in [0.5, 0.6) is 0 Å². The summed E-state index contributed by atoms with van der Waals surface area (Å²) in [6, 6.07) is 10.9. The summed E-state index contributed by atoms with van der Waals surface area (Å²) in [5.74, 6) is -4.36. The quantitative estimate of drug-likeness (QED) is 0.250. The highest BCUT2D eigenvalue weighted by atomic mass is 35.5. The molecule has 1 aliphatic carbocycles. The largest absolute Gasteiger partial charge is 0.453 e. The Hall–Kier alpha value is -3.65. The first-order chi connectivity index (χ1) is 22.4. The fraction of sp³-hybridized carbons (Fsp3) is 0.394. The number of amides is 2. The second-order valence-electron chi connectivity index (χ2n) is 11.9. The van der Waals surface area contributed by atoms with Crippen molar-refractivity contribution in [1.29, 1.82) is 0 Å². The van der Waals surface area contributed by atoms with Crippen molar-refractivity contribution in [1.82, 2.24) is 14.9 Å². The maximum Gasteiger partial charge on any atom is 0.407 e. The highest BCUT2D eigenvalue weighted by Gasteiger charge is 2.45. The number of alkyl carbamates (subject to hydrolysis) is 1. The second kappa shape index (κ2) is 14.6. The molecule has 0 unspecified atom stereocenters. The van der Waals surface area contributed by atoms with Crippen molar-refractivity contribution in [3.63, 3.8) is 0 Å². The Labute approximate surface area is 276 Å². The van der Waals surface area contributed by atoms with Crippen LogP contribution in [0.3, 0.4) is 0 Å². The van der Waals surface area contributed by atoms with Gasteiger partial charge in [0.15, 0.2) is 0 Å². The van der Waals surface area contributed by atoms with Gasteiger partial charge in [-0.3, -0.25) is 4.79 Å². The summed E-state index contributed by atoms with van der Waals surface area (Å²) in [6.07, 6.45) is 0.608. The van der Waals surface area contributed by atoms with Crippen molar-refractivity contribution in [2.45, 2.75) is 61.9 Å². The molecule has 0 bridgehead atoms. The summed E-state index contributed by atoms with van der Waals surface area (Å²) in [7, 11) is -2.41. The van der Waals surface area contributed by atoms with E-state index in [4.69, 9.17) is 16.3 Å². The zero-order valence-corrected chi connectivity index (χ0v) is 27.4. The minimum atomic E-state index is -3.51. The van der Waals surface area contributed by atoms with Crippen LogP contribution in [0.4, 0.5) is 23.7 Å². The number of sulfonamides is 1. The van der Waals surface area contributed by atoms with E-state index in [2.05, 4.69) is 16.0 Å². The molecule has 3 aromatic rings. The van der Waals surface area contributed by atoms with E-state index in [-0.39, 0.29) is 35.7 Å². The van der Waals surface area contributed by atoms with E-state index in [1.807, 2.05) is 6.92 Å². The number of nitrogens with one attached hydrogen (secondary N) is 3. The molecule has 5 rings (SSSR count). The number of rotatable bonds is 11. The third-order valence-electron chi connectivity index (χ3n) is 8.51. The van der Waals surface area contributed by atoms with Crippen molar-refractivity contribution in [2.24, 2.45) is 0 Å². The van der Waals surface area contributed by atoms with Crippen molar-refractivity contribution in [2.75, 3.05) is 25.5 Å². The van der Waals surface area contributed by atoms with Crippen molar-refractivity contribution in [3.05, 3.63) is 99.8 Å². The van der Waals surface area contributed by atoms with Gasteiger partial charge >= 0.3 is 6.09 Å². The number of hydrogen-bond acceptors (Lipinski definition) is 6. The van der Waals surface area contributed by atoms with E-state index in [0.717, 1.165) is 19.2 Å². The number of carbonyl (C=O) groups excluding carboxylic acids is 2. The number of carbonyl (C=O) groups is 2. The summed E-state index contributed by atoms with van der Waals surface area (Å²) in [5, 5.41) is 8.40. The minimum absolute atomic E-state index is 0.0386. The zero-order valence-electron chi connectivity index (χ0n) is 25.8. The van der Waals surface area contributed by atoms with E-state index < -0.39 is 62.7 Å². The molecule has 2 aliphatic rings. The van der Waals surface area contributed by atoms with Crippen molar-refractivity contribution >= 4 is 39.3 Å². The number of nitrogens with zero attached hydrogens (tertiary/aromatic N) is 1. The molecule has 252 valence electrons. The summed E-state index contributed by atoms with van der Waals surface area (Å²) < 4.78 is 77.2. The molecule has 1 saturated carbocycles. The second-order valence-corrected chi connectivity index (χ2v) is 14.4. The molecule has 4 atom stereocenters. The maximum absolute atomic E-state index is 15.4. The minimum Gasteiger partial charge on any atom is -0.453 e. The number of anilines is 1. The average molecular weight is 693 g/mol. The standard InChI is InChI=1S/C33H36ClF3N4O5S/c1-19-17-38-18-25(41(19)47(44,45)26-11-12-26)10-13-27-28(37)4-3-5-29(27)39-32(42)31(40-33(43)46-2)30(20-6-8-22(34)9-7-20)21-14-23(35)16-24(36)15-21/h3-9,14-16,19,25-26,30-31,38H,10-13,17-18H2,1-2H3,(H,39,42)(H,40,43)/t19-,25-,30-,31-/m0/s1. The van der Waals surface area contributed by atoms with Crippen LogP contribution in [0.25, 0.3) is 0 Å².